The lowest BCUT2D eigenvalue weighted by atomic mass is 9.82. The molecule has 1 amide bonds. The van der Waals surface area contributed by atoms with Gasteiger partial charge in [-0.25, -0.2) is 0 Å². The molecule has 1 heterocycles. The number of hydrogen-bond donors (Lipinski definition) is 2. The van der Waals surface area contributed by atoms with Gasteiger partial charge in [-0.15, -0.1) is 0 Å². The van der Waals surface area contributed by atoms with Crippen LogP contribution in [0.1, 0.15) is 26.7 Å². The summed E-state index contributed by atoms with van der Waals surface area (Å²) in [5.41, 5.74) is 0.742. The number of hydrogen-bond acceptors (Lipinski definition) is 3. The number of piperidine rings is 1. The molecule has 1 rings (SSSR count). The summed E-state index contributed by atoms with van der Waals surface area (Å²) in [5.74, 6) is 0.128. The second kappa shape index (κ2) is 6.77. The van der Waals surface area contributed by atoms with Crippen molar-refractivity contribution in [2.45, 2.75) is 26.7 Å². The Morgan fingerprint density at radius 3 is 2.94 bits per heavy atom. The lowest BCUT2D eigenvalue weighted by Crippen LogP contribution is -2.49. The summed E-state index contributed by atoms with van der Waals surface area (Å²) in [6.07, 6.45) is 2.02. The standard InChI is InChI=1S/C13H24N2O2/c1-11(2)9-17-8-7-15-12(16)13(3)5-4-6-14-10-13/h14H,1,4-10H2,2-3H3,(H,15,16). The Morgan fingerprint density at radius 1 is 1.59 bits per heavy atom. The fraction of sp³-hybridized carbons (Fsp3) is 0.769. The minimum atomic E-state index is -0.257. The summed E-state index contributed by atoms with van der Waals surface area (Å²) in [6.45, 7) is 11.2. The van der Waals surface area contributed by atoms with Gasteiger partial charge in [0.15, 0.2) is 0 Å². The zero-order valence-corrected chi connectivity index (χ0v) is 11.0. The zero-order chi connectivity index (χ0) is 12.7. The van der Waals surface area contributed by atoms with Crippen molar-refractivity contribution in [3.05, 3.63) is 12.2 Å². The van der Waals surface area contributed by atoms with E-state index in [0.29, 0.717) is 19.8 Å². The van der Waals surface area contributed by atoms with Crippen LogP contribution >= 0.6 is 0 Å². The van der Waals surface area contributed by atoms with Crippen LogP contribution in [0.25, 0.3) is 0 Å². The Balaban J connectivity index is 2.17. The molecular formula is C13H24N2O2. The molecule has 0 aromatic heterocycles. The van der Waals surface area contributed by atoms with Crippen molar-refractivity contribution < 1.29 is 9.53 Å². The molecule has 1 aliphatic rings. The number of nitrogens with one attached hydrogen (secondary N) is 2. The van der Waals surface area contributed by atoms with E-state index in [1.165, 1.54) is 0 Å². The van der Waals surface area contributed by atoms with Gasteiger partial charge >= 0.3 is 0 Å². The Kier molecular flexibility index (Phi) is 5.65. The van der Waals surface area contributed by atoms with E-state index in [1.54, 1.807) is 0 Å². The van der Waals surface area contributed by atoms with Crippen LogP contribution in [0, 0.1) is 5.41 Å². The third-order valence-corrected chi connectivity index (χ3v) is 3.03. The molecule has 1 unspecified atom stereocenters. The summed E-state index contributed by atoms with van der Waals surface area (Å²) < 4.78 is 5.34. The maximum Gasteiger partial charge on any atom is 0.227 e. The average molecular weight is 240 g/mol. The maximum absolute atomic E-state index is 12.0. The highest BCUT2D eigenvalue weighted by molar-refractivity contribution is 5.82. The van der Waals surface area contributed by atoms with Crippen molar-refractivity contribution in [3.8, 4) is 0 Å². The molecule has 1 fully saturated rings. The van der Waals surface area contributed by atoms with Gasteiger partial charge in [-0.3, -0.25) is 4.79 Å². The number of rotatable bonds is 6. The normalized spacial score (nSPS) is 24.4. The van der Waals surface area contributed by atoms with Crippen LogP contribution in [0.2, 0.25) is 0 Å². The quantitative estimate of drug-likeness (QED) is 0.539. The van der Waals surface area contributed by atoms with Gasteiger partial charge in [-0.05, 0) is 33.2 Å². The molecule has 0 radical (unpaired) electrons. The zero-order valence-electron chi connectivity index (χ0n) is 11.0. The van der Waals surface area contributed by atoms with E-state index in [-0.39, 0.29) is 11.3 Å². The van der Waals surface area contributed by atoms with E-state index in [1.807, 2.05) is 13.8 Å². The third kappa shape index (κ3) is 4.88. The summed E-state index contributed by atoms with van der Waals surface area (Å²) in [5, 5.41) is 6.20. The molecule has 0 aromatic carbocycles. The molecule has 0 saturated carbocycles. The minimum Gasteiger partial charge on any atom is -0.375 e. The maximum atomic E-state index is 12.0. The molecule has 98 valence electrons. The van der Waals surface area contributed by atoms with Gasteiger partial charge in [0, 0.05) is 13.1 Å². The fourth-order valence-electron chi connectivity index (χ4n) is 1.95. The lowest BCUT2D eigenvalue weighted by Gasteiger charge is -2.32. The molecule has 0 aliphatic carbocycles. The summed E-state index contributed by atoms with van der Waals surface area (Å²) in [4.78, 5) is 12.0. The minimum absolute atomic E-state index is 0.128. The first-order valence-electron chi connectivity index (χ1n) is 6.26. The second-order valence-corrected chi connectivity index (χ2v) is 5.11. The summed E-state index contributed by atoms with van der Waals surface area (Å²) in [7, 11) is 0. The van der Waals surface area contributed by atoms with Gasteiger partial charge in [0.05, 0.1) is 18.6 Å². The second-order valence-electron chi connectivity index (χ2n) is 5.11. The van der Waals surface area contributed by atoms with Crippen LogP contribution in [-0.4, -0.2) is 38.8 Å². The van der Waals surface area contributed by atoms with Crippen LogP contribution in [0.4, 0.5) is 0 Å². The van der Waals surface area contributed by atoms with Crippen LogP contribution < -0.4 is 10.6 Å². The largest absolute Gasteiger partial charge is 0.375 e. The van der Waals surface area contributed by atoms with Crippen LogP contribution in [-0.2, 0) is 9.53 Å². The third-order valence-electron chi connectivity index (χ3n) is 3.03. The number of ether oxygens (including phenoxy) is 1. The molecule has 0 aromatic rings. The smallest absolute Gasteiger partial charge is 0.227 e. The number of carbonyl (C=O) groups is 1. The first-order chi connectivity index (χ1) is 8.04. The van der Waals surface area contributed by atoms with Gasteiger partial charge in [0.25, 0.3) is 0 Å². The molecule has 4 nitrogen and oxygen atoms in total. The van der Waals surface area contributed by atoms with Crippen molar-refractivity contribution in [1.82, 2.24) is 10.6 Å². The fourth-order valence-corrected chi connectivity index (χ4v) is 1.95. The van der Waals surface area contributed by atoms with E-state index in [0.717, 1.165) is 31.5 Å². The number of amides is 1. The van der Waals surface area contributed by atoms with Crippen molar-refractivity contribution >= 4 is 5.91 Å². The molecule has 1 saturated heterocycles. The van der Waals surface area contributed by atoms with Gasteiger partial charge in [0.2, 0.25) is 5.91 Å². The molecule has 2 N–H and O–H groups in total. The molecule has 1 atom stereocenters. The van der Waals surface area contributed by atoms with Crippen molar-refractivity contribution in [2.24, 2.45) is 5.41 Å². The Morgan fingerprint density at radius 2 is 2.35 bits per heavy atom. The van der Waals surface area contributed by atoms with E-state index in [9.17, 15) is 4.79 Å². The van der Waals surface area contributed by atoms with E-state index in [4.69, 9.17) is 4.74 Å². The summed E-state index contributed by atoms with van der Waals surface area (Å²) in [6, 6.07) is 0. The molecule has 1 aliphatic heterocycles. The molecule has 0 bridgehead atoms. The molecule has 17 heavy (non-hydrogen) atoms. The topological polar surface area (TPSA) is 50.4 Å². The van der Waals surface area contributed by atoms with Gasteiger partial charge in [-0.2, -0.15) is 0 Å². The van der Waals surface area contributed by atoms with Crippen molar-refractivity contribution in [3.63, 3.8) is 0 Å². The van der Waals surface area contributed by atoms with Gasteiger partial charge in [-0.1, -0.05) is 12.2 Å². The van der Waals surface area contributed by atoms with Gasteiger partial charge in [0.1, 0.15) is 0 Å². The Hall–Kier alpha value is -0.870. The van der Waals surface area contributed by atoms with Crippen molar-refractivity contribution in [1.29, 1.82) is 0 Å². The van der Waals surface area contributed by atoms with Crippen LogP contribution in [0.3, 0.4) is 0 Å². The summed E-state index contributed by atoms with van der Waals surface area (Å²) >= 11 is 0. The highest BCUT2D eigenvalue weighted by Crippen LogP contribution is 2.25. The van der Waals surface area contributed by atoms with E-state index in [2.05, 4.69) is 17.2 Å². The molecular weight excluding hydrogens is 216 g/mol. The highest BCUT2D eigenvalue weighted by Gasteiger charge is 2.34. The number of carbonyl (C=O) groups excluding carboxylic acids is 1. The first-order valence-corrected chi connectivity index (χ1v) is 6.26. The lowest BCUT2D eigenvalue weighted by molar-refractivity contribution is -0.131. The average Bonchev–Trinajstić information content (AvgIpc) is 2.29. The monoisotopic (exact) mass is 240 g/mol. The highest BCUT2D eigenvalue weighted by atomic mass is 16.5. The SMILES string of the molecule is C=C(C)COCCNC(=O)C1(C)CCCNC1. The molecule has 0 spiro atoms. The predicted octanol–water partition coefficient (Wildman–Crippen LogP) is 1.08. The van der Waals surface area contributed by atoms with Crippen LogP contribution in [0.15, 0.2) is 12.2 Å². The first kappa shape index (κ1) is 14.2. The predicted molar refractivity (Wildman–Crippen MR) is 68.9 cm³/mol. The Bertz CT molecular complexity index is 271. The van der Waals surface area contributed by atoms with Crippen LogP contribution in [0.5, 0.6) is 0 Å². The van der Waals surface area contributed by atoms with Gasteiger partial charge < -0.3 is 15.4 Å². The Labute approximate surface area is 104 Å². The van der Waals surface area contributed by atoms with E-state index < -0.39 is 0 Å². The molecule has 4 heteroatoms. The van der Waals surface area contributed by atoms with E-state index >= 15 is 0 Å². The van der Waals surface area contributed by atoms with Crippen molar-refractivity contribution in [2.75, 3.05) is 32.8 Å².